The molecule has 2 aromatic rings. The molecule has 23 heavy (non-hydrogen) atoms. The monoisotopic (exact) mass is 378 g/mol. The molecule has 5 nitrogen and oxygen atoms in total. The lowest BCUT2D eigenvalue weighted by Gasteiger charge is -2.12. The molecule has 0 aliphatic rings. The minimum atomic E-state index is -0.484. The molecule has 0 saturated carbocycles. The maximum Gasteiger partial charge on any atom is 0.341 e. The van der Waals surface area contributed by atoms with E-state index in [-0.39, 0.29) is 20.6 Å². The fourth-order valence-corrected chi connectivity index (χ4v) is 2.94. The van der Waals surface area contributed by atoms with Crippen molar-refractivity contribution in [2.24, 2.45) is 0 Å². The molecular weight excluding hydrogens is 363 g/mol. The molecule has 0 amide bonds. The molecule has 0 atom stereocenters. The van der Waals surface area contributed by atoms with Gasteiger partial charge in [0.15, 0.2) is 0 Å². The first-order chi connectivity index (χ1) is 10.5. The number of ether oxygens (including phenoxy) is 2. The van der Waals surface area contributed by atoms with E-state index in [1.54, 1.807) is 19.1 Å². The van der Waals surface area contributed by atoms with E-state index in [0.717, 1.165) is 0 Å². The standard InChI is InChI=1S/C14H13Cl3N2O3.CH4/c1-3-22-14(20)9-6-18-19(12(9)7-21-2)13-10(16)4-8(15)5-11(13)17;/h4-6H,3,7H2,1-2H3;1H4. The number of methoxy groups -OCH3 is 1. The van der Waals surface area contributed by atoms with Crippen LogP contribution in [-0.2, 0) is 16.1 Å². The fraction of sp³-hybridized carbons (Fsp3) is 0.333. The molecule has 1 aromatic carbocycles. The van der Waals surface area contributed by atoms with E-state index in [0.29, 0.717) is 32.0 Å². The Hall–Kier alpha value is -1.27. The molecule has 1 aromatic heterocycles. The van der Waals surface area contributed by atoms with Gasteiger partial charge in [-0.2, -0.15) is 5.10 Å². The predicted octanol–water partition coefficient (Wildman–Crippen LogP) is 4.79. The Bertz CT molecular complexity index is 678. The average molecular weight is 380 g/mol. The van der Waals surface area contributed by atoms with Crippen molar-refractivity contribution >= 4 is 40.8 Å². The fourth-order valence-electron chi connectivity index (χ4n) is 1.96. The minimum Gasteiger partial charge on any atom is -0.462 e. The van der Waals surface area contributed by atoms with E-state index in [1.165, 1.54) is 18.0 Å². The highest BCUT2D eigenvalue weighted by Crippen LogP contribution is 2.33. The van der Waals surface area contributed by atoms with Gasteiger partial charge in [0.25, 0.3) is 0 Å². The number of halogens is 3. The smallest absolute Gasteiger partial charge is 0.341 e. The number of hydrogen-bond donors (Lipinski definition) is 0. The predicted molar refractivity (Wildman–Crippen MR) is 92.0 cm³/mol. The van der Waals surface area contributed by atoms with Crippen molar-refractivity contribution in [3.8, 4) is 5.69 Å². The van der Waals surface area contributed by atoms with Gasteiger partial charge in [0.05, 0.1) is 35.1 Å². The van der Waals surface area contributed by atoms with Crippen molar-refractivity contribution in [2.75, 3.05) is 13.7 Å². The molecule has 2 rings (SSSR count). The summed E-state index contributed by atoms with van der Waals surface area (Å²) in [5.74, 6) is -0.484. The largest absolute Gasteiger partial charge is 0.462 e. The molecule has 0 fully saturated rings. The topological polar surface area (TPSA) is 53.3 Å². The molecule has 1 heterocycles. The van der Waals surface area contributed by atoms with E-state index >= 15 is 0 Å². The van der Waals surface area contributed by atoms with E-state index in [4.69, 9.17) is 44.3 Å². The van der Waals surface area contributed by atoms with Gasteiger partial charge in [-0.1, -0.05) is 42.2 Å². The zero-order chi connectivity index (χ0) is 16.3. The molecule has 0 spiro atoms. The molecule has 0 unspecified atom stereocenters. The first-order valence-electron chi connectivity index (χ1n) is 6.37. The summed E-state index contributed by atoms with van der Waals surface area (Å²) >= 11 is 18.3. The summed E-state index contributed by atoms with van der Waals surface area (Å²) in [6, 6.07) is 3.10. The highest BCUT2D eigenvalue weighted by atomic mass is 35.5. The van der Waals surface area contributed by atoms with Crippen LogP contribution in [-0.4, -0.2) is 29.5 Å². The number of carbonyl (C=O) groups is 1. The van der Waals surface area contributed by atoms with Crippen LogP contribution in [0.3, 0.4) is 0 Å². The van der Waals surface area contributed by atoms with Crippen LogP contribution in [0.1, 0.15) is 30.4 Å². The van der Waals surface area contributed by atoms with Crippen LogP contribution in [0.25, 0.3) is 5.69 Å². The van der Waals surface area contributed by atoms with Crippen LogP contribution < -0.4 is 0 Å². The van der Waals surface area contributed by atoms with Gasteiger partial charge < -0.3 is 9.47 Å². The highest BCUT2D eigenvalue weighted by Gasteiger charge is 2.22. The van der Waals surface area contributed by atoms with Crippen molar-refractivity contribution < 1.29 is 14.3 Å². The van der Waals surface area contributed by atoms with Gasteiger partial charge in [-0.25, -0.2) is 9.48 Å². The van der Waals surface area contributed by atoms with E-state index in [2.05, 4.69) is 5.10 Å². The zero-order valence-electron chi connectivity index (χ0n) is 11.9. The van der Waals surface area contributed by atoms with E-state index < -0.39 is 5.97 Å². The van der Waals surface area contributed by atoms with Crippen molar-refractivity contribution in [1.82, 2.24) is 9.78 Å². The van der Waals surface area contributed by atoms with Crippen molar-refractivity contribution in [3.05, 3.63) is 44.7 Å². The van der Waals surface area contributed by atoms with Crippen molar-refractivity contribution in [3.63, 3.8) is 0 Å². The molecule has 0 radical (unpaired) electrons. The van der Waals surface area contributed by atoms with Gasteiger partial charge in [0.1, 0.15) is 11.3 Å². The SMILES string of the molecule is C.CCOC(=O)c1cnn(-c2c(Cl)cc(Cl)cc2Cl)c1COC. The lowest BCUT2D eigenvalue weighted by molar-refractivity contribution is 0.0521. The van der Waals surface area contributed by atoms with Gasteiger partial charge in [-0.3, -0.25) is 0 Å². The molecule has 0 aliphatic carbocycles. The second-order valence-electron chi connectivity index (χ2n) is 4.29. The van der Waals surface area contributed by atoms with Crippen molar-refractivity contribution in [1.29, 1.82) is 0 Å². The van der Waals surface area contributed by atoms with E-state index in [9.17, 15) is 4.79 Å². The summed E-state index contributed by atoms with van der Waals surface area (Å²) in [6.07, 6.45) is 1.40. The molecule has 0 bridgehead atoms. The molecule has 0 saturated heterocycles. The van der Waals surface area contributed by atoms with Crippen LogP contribution in [0.2, 0.25) is 15.1 Å². The average Bonchev–Trinajstić information content (AvgIpc) is 2.82. The van der Waals surface area contributed by atoms with Gasteiger partial charge in [-0.15, -0.1) is 0 Å². The lowest BCUT2D eigenvalue weighted by Crippen LogP contribution is -2.11. The van der Waals surface area contributed by atoms with Crippen LogP contribution in [0, 0.1) is 0 Å². The van der Waals surface area contributed by atoms with Crippen LogP contribution in [0.4, 0.5) is 0 Å². The Morgan fingerprint density at radius 1 is 1.26 bits per heavy atom. The molecule has 0 aliphatic heterocycles. The van der Waals surface area contributed by atoms with Gasteiger partial charge in [0, 0.05) is 12.1 Å². The molecular formula is C15H17Cl3N2O3. The number of benzene rings is 1. The summed E-state index contributed by atoms with van der Waals surface area (Å²) in [5.41, 5.74) is 1.22. The third kappa shape index (κ3) is 4.18. The Morgan fingerprint density at radius 2 is 1.87 bits per heavy atom. The number of hydrogen-bond acceptors (Lipinski definition) is 4. The Kier molecular flexibility index (Phi) is 7.35. The first-order valence-corrected chi connectivity index (χ1v) is 7.50. The Labute approximate surface area is 150 Å². The normalized spacial score (nSPS) is 10.3. The maximum absolute atomic E-state index is 12.0. The lowest BCUT2D eigenvalue weighted by atomic mass is 10.2. The van der Waals surface area contributed by atoms with Crippen LogP contribution in [0.15, 0.2) is 18.3 Å². The number of aromatic nitrogens is 2. The van der Waals surface area contributed by atoms with Crippen LogP contribution >= 0.6 is 34.8 Å². The van der Waals surface area contributed by atoms with Crippen molar-refractivity contribution in [2.45, 2.75) is 21.0 Å². The quantitative estimate of drug-likeness (QED) is 0.701. The molecule has 8 heteroatoms. The maximum atomic E-state index is 12.0. The summed E-state index contributed by atoms with van der Waals surface area (Å²) in [4.78, 5) is 12.0. The zero-order valence-corrected chi connectivity index (χ0v) is 14.2. The Morgan fingerprint density at radius 3 is 2.39 bits per heavy atom. The summed E-state index contributed by atoms with van der Waals surface area (Å²) in [5, 5.41) is 5.22. The number of rotatable bonds is 5. The molecule has 126 valence electrons. The summed E-state index contributed by atoms with van der Waals surface area (Å²) in [6.45, 7) is 2.13. The number of nitrogens with zero attached hydrogens (tertiary/aromatic N) is 2. The summed E-state index contributed by atoms with van der Waals surface area (Å²) in [7, 11) is 1.51. The van der Waals surface area contributed by atoms with Gasteiger partial charge in [0.2, 0.25) is 0 Å². The second-order valence-corrected chi connectivity index (χ2v) is 5.54. The second kappa shape index (κ2) is 8.55. The van der Waals surface area contributed by atoms with Crippen LogP contribution in [0.5, 0.6) is 0 Å². The molecule has 0 N–H and O–H groups in total. The third-order valence-corrected chi connectivity index (χ3v) is 3.63. The number of carbonyl (C=O) groups excluding carboxylic acids is 1. The van der Waals surface area contributed by atoms with E-state index in [1.807, 2.05) is 0 Å². The third-order valence-electron chi connectivity index (χ3n) is 2.84. The summed E-state index contributed by atoms with van der Waals surface area (Å²) < 4.78 is 11.6. The Balaban J connectivity index is 0.00000264. The highest BCUT2D eigenvalue weighted by molar-refractivity contribution is 6.40. The first kappa shape index (κ1) is 19.8. The van der Waals surface area contributed by atoms with Gasteiger partial charge >= 0.3 is 5.97 Å². The minimum absolute atomic E-state index is 0. The van der Waals surface area contributed by atoms with Gasteiger partial charge in [-0.05, 0) is 19.1 Å². The number of esters is 1.